The Labute approximate surface area is 198 Å². The van der Waals surface area contributed by atoms with E-state index >= 15 is 0 Å². The van der Waals surface area contributed by atoms with E-state index in [1.165, 1.54) is 16.7 Å². The summed E-state index contributed by atoms with van der Waals surface area (Å²) in [5, 5.41) is 9.99. The lowest BCUT2D eigenvalue weighted by Gasteiger charge is -2.40. The van der Waals surface area contributed by atoms with Crippen molar-refractivity contribution in [3.05, 3.63) is 64.4 Å². The first-order valence-corrected chi connectivity index (χ1v) is 12.2. The second kappa shape index (κ2) is 10.1. The van der Waals surface area contributed by atoms with Crippen LogP contribution in [0.3, 0.4) is 0 Å². The van der Waals surface area contributed by atoms with E-state index in [9.17, 15) is 5.11 Å². The zero-order valence-electron chi connectivity index (χ0n) is 20.7. The second-order valence-corrected chi connectivity index (χ2v) is 9.39. The van der Waals surface area contributed by atoms with Crippen LogP contribution in [0.15, 0.2) is 58.3 Å². The standard InChI is InChI=1S/C27H38N4O2/c1-6-19(2)25-16-28-27(18-31(25)17-20(3)22(5)32)30-12-10-29(11-13-30)21(4)24-8-7-23-9-14-33-26(23)15-24/h7-8,15-18,21-22,32H,6,9-14H2,1-5H3/b20-17+,25-19-. The number of nitrogens with zero attached hydrogens (tertiary/aromatic N) is 4. The molecule has 0 aromatic heterocycles. The van der Waals surface area contributed by atoms with Crippen molar-refractivity contribution >= 4 is 6.21 Å². The van der Waals surface area contributed by atoms with E-state index in [1.54, 1.807) is 6.92 Å². The summed E-state index contributed by atoms with van der Waals surface area (Å²) in [6.07, 6.45) is 7.62. The van der Waals surface area contributed by atoms with Gasteiger partial charge >= 0.3 is 0 Å². The maximum Gasteiger partial charge on any atom is 0.145 e. The number of fused-ring (bicyclic) bond motifs is 1. The number of piperazine rings is 1. The van der Waals surface area contributed by atoms with Gasteiger partial charge in [-0.05, 0) is 62.5 Å². The number of aliphatic hydroxyl groups excluding tert-OH is 1. The van der Waals surface area contributed by atoms with Crippen LogP contribution in [-0.4, -0.2) is 64.9 Å². The molecular formula is C27H38N4O2. The summed E-state index contributed by atoms with van der Waals surface area (Å²) in [4.78, 5) is 11.8. The number of rotatable bonds is 6. The molecule has 178 valence electrons. The van der Waals surface area contributed by atoms with Gasteiger partial charge in [0.25, 0.3) is 0 Å². The molecule has 2 unspecified atom stereocenters. The van der Waals surface area contributed by atoms with Crippen LogP contribution >= 0.6 is 0 Å². The minimum absolute atomic E-state index is 0.361. The monoisotopic (exact) mass is 450 g/mol. The highest BCUT2D eigenvalue weighted by Crippen LogP contribution is 2.31. The van der Waals surface area contributed by atoms with Crippen LogP contribution in [0.25, 0.3) is 0 Å². The van der Waals surface area contributed by atoms with Gasteiger partial charge in [0.05, 0.1) is 30.8 Å². The zero-order valence-corrected chi connectivity index (χ0v) is 20.7. The summed E-state index contributed by atoms with van der Waals surface area (Å²) in [5.41, 5.74) is 5.95. The molecule has 0 aliphatic carbocycles. The predicted octanol–water partition coefficient (Wildman–Crippen LogP) is 4.45. The number of aliphatic hydroxyl groups is 1. The first-order valence-electron chi connectivity index (χ1n) is 12.2. The van der Waals surface area contributed by atoms with E-state index in [0.29, 0.717) is 6.04 Å². The Balaban J connectivity index is 1.45. The first-order chi connectivity index (χ1) is 15.9. The van der Waals surface area contributed by atoms with Crippen molar-refractivity contribution in [2.75, 3.05) is 32.8 Å². The predicted molar refractivity (Wildman–Crippen MR) is 134 cm³/mol. The second-order valence-electron chi connectivity index (χ2n) is 9.39. The van der Waals surface area contributed by atoms with Crippen LogP contribution in [0, 0.1) is 0 Å². The van der Waals surface area contributed by atoms with Crippen LogP contribution in [0.1, 0.15) is 58.2 Å². The molecule has 0 spiro atoms. The average Bonchev–Trinajstić information content (AvgIpc) is 3.31. The first kappa shape index (κ1) is 23.6. The SMILES string of the molecule is CC/C(C)=C1/C=NC(N2CCN(C(C)c3ccc4c(c3)OCC4)CC2)=CN1/C=C(\C)C(C)O. The van der Waals surface area contributed by atoms with Gasteiger partial charge in [0, 0.05) is 44.8 Å². The maximum atomic E-state index is 9.99. The molecular weight excluding hydrogens is 412 g/mol. The van der Waals surface area contributed by atoms with Crippen molar-refractivity contribution in [1.29, 1.82) is 0 Å². The third-order valence-electron chi connectivity index (χ3n) is 7.21. The Morgan fingerprint density at radius 1 is 1.18 bits per heavy atom. The normalized spacial score (nSPS) is 22.6. The van der Waals surface area contributed by atoms with Gasteiger partial charge in [-0.2, -0.15) is 0 Å². The third-order valence-corrected chi connectivity index (χ3v) is 7.21. The summed E-state index contributed by atoms with van der Waals surface area (Å²) >= 11 is 0. The third kappa shape index (κ3) is 5.17. The molecule has 1 saturated heterocycles. The van der Waals surface area contributed by atoms with Crippen LogP contribution in [0.2, 0.25) is 0 Å². The smallest absolute Gasteiger partial charge is 0.145 e. The molecule has 33 heavy (non-hydrogen) atoms. The molecule has 1 fully saturated rings. The Morgan fingerprint density at radius 3 is 2.64 bits per heavy atom. The van der Waals surface area contributed by atoms with E-state index in [-0.39, 0.29) is 0 Å². The quantitative estimate of drug-likeness (QED) is 0.694. The molecule has 6 heteroatoms. The van der Waals surface area contributed by atoms with E-state index in [1.807, 2.05) is 19.3 Å². The molecule has 3 aliphatic heterocycles. The lowest BCUT2D eigenvalue weighted by molar-refractivity contribution is 0.121. The van der Waals surface area contributed by atoms with Crippen molar-refractivity contribution in [1.82, 2.24) is 14.7 Å². The van der Waals surface area contributed by atoms with Gasteiger partial charge in [-0.15, -0.1) is 0 Å². The molecule has 1 aromatic carbocycles. The van der Waals surface area contributed by atoms with Crippen molar-refractivity contribution in [3.63, 3.8) is 0 Å². The molecule has 1 N–H and O–H groups in total. The number of benzene rings is 1. The van der Waals surface area contributed by atoms with Gasteiger partial charge < -0.3 is 19.6 Å². The fourth-order valence-corrected chi connectivity index (χ4v) is 4.52. The van der Waals surface area contributed by atoms with E-state index in [4.69, 9.17) is 9.73 Å². The molecule has 4 rings (SSSR count). The Kier molecular flexibility index (Phi) is 7.25. The van der Waals surface area contributed by atoms with Gasteiger partial charge in [0.1, 0.15) is 11.6 Å². The number of ether oxygens (including phenoxy) is 1. The summed E-state index contributed by atoms with van der Waals surface area (Å²) in [6, 6.07) is 7.08. The molecule has 3 heterocycles. The Hall–Kier alpha value is -2.57. The van der Waals surface area contributed by atoms with Crippen LogP contribution in [0.5, 0.6) is 5.75 Å². The van der Waals surface area contributed by atoms with E-state index in [0.717, 1.165) is 68.5 Å². The highest BCUT2D eigenvalue weighted by molar-refractivity contribution is 5.81. The van der Waals surface area contributed by atoms with Crippen molar-refractivity contribution in [2.24, 2.45) is 4.99 Å². The van der Waals surface area contributed by atoms with Gasteiger partial charge in [-0.3, -0.25) is 4.90 Å². The molecule has 0 bridgehead atoms. The number of allylic oxidation sites excluding steroid dienone is 2. The van der Waals surface area contributed by atoms with Gasteiger partial charge in [-0.25, -0.2) is 4.99 Å². The van der Waals surface area contributed by atoms with E-state index in [2.05, 4.69) is 59.9 Å². The van der Waals surface area contributed by atoms with Crippen LogP contribution < -0.4 is 4.74 Å². The molecule has 0 radical (unpaired) electrons. The number of hydrogen-bond acceptors (Lipinski definition) is 6. The molecule has 0 saturated carbocycles. The highest BCUT2D eigenvalue weighted by atomic mass is 16.5. The Morgan fingerprint density at radius 2 is 1.94 bits per heavy atom. The number of hydrogen-bond donors (Lipinski definition) is 1. The lowest BCUT2D eigenvalue weighted by atomic mass is 10.0. The summed E-state index contributed by atoms with van der Waals surface area (Å²) in [5.74, 6) is 2.04. The average molecular weight is 451 g/mol. The summed E-state index contributed by atoms with van der Waals surface area (Å²) in [6.45, 7) is 15.0. The molecule has 2 atom stereocenters. The minimum atomic E-state index is -0.474. The zero-order chi connectivity index (χ0) is 23.5. The Bertz CT molecular complexity index is 984. The van der Waals surface area contributed by atoms with E-state index < -0.39 is 6.10 Å². The van der Waals surface area contributed by atoms with Gasteiger partial charge in [0.2, 0.25) is 0 Å². The van der Waals surface area contributed by atoms with Crippen molar-refractivity contribution in [3.8, 4) is 5.75 Å². The summed E-state index contributed by atoms with van der Waals surface area (Å²) < 4.78 is 5.78. The van der Waals surface area contributed by atoms with Crippen molar-refractivity contribution in [2.45, 2.75) is 59.6 Å². The molecule has 6 nitrogen and oxygen atoms in total. The largest absolute Gasteiger partial charge is 0.493 e. The molecule has 0 amide bonds. The lowest BCUT2D eigenvalue weighted by Crippen LogP contribution is -2.46. The van der Waals surface area contributed by atoms with Gasteiger partial charge in [-0.1, -0.05) is 19.1 Å². The highest BCUT2D eigenvalue weighted by Gasteiger charge is 2.26. The number of aliphatic imine (C=N–C) groups is 1. The molecule has 3 aliphatic rings. The maximum absolute atomic E-state index is 9.99. The van der Waals surface area contributed by atoms with Gasteiger partial charge in [0.15, 0.2) is 0 Å². The van der Waals surface area contributed by atoms with Crippen molar-refractivity contribution < 1.29 is 9.84 Å². The topological polar surface area (TPSA) is 51.5 Å². The molecule has 1 aromatic rings. The van der Waals surface area contributed by atoms with Crippen LogP contribution in [-0.2, 0) is 6.42 Å². The minimum Gasteiger partial charge on any atom is -0.493 e. The summed E-state index contributed by atoms with van der Waals surface area (Å²) in [7, 11) is 0. The fraction of sp³-hybridized carbons (Fsp3) is 0.519. The van der Waals surface area contributed by atoms with Crippen LogP contribution in [0.4, 0.5) is 0 Å². The fourth-order valence-electron chi connectivity index (χ4n) is 4.52.